The molecule has 0 aliphatic carbocycles. The van der Waals surface area contributed by atoms with Crippen molar-refractivity contribution in [2.45, 2.75) is 32.9 Å². The van der Waals surface area contributed by atoms with Crippen molar-refractivity contribution in [2.75, 3.05) is 13.7 Å². The Hall–Kier alpha value is -1.55. The molecule has 0 fully saturated rings. The maximum Gasteiger partial charge on any atom is 0.349 e. The van der Waals surface area contributed by atoms with Crippen molar-refractivity contribution in [3.63, 3.8) is 0 Å². The molecule has 18 heavy (non-hydrogen) atoms. The Balaban J connectivity index is 2.76. The Kier molecular flexibility index (Phi) is 5.16. The average molecular weight is 251 g/mol. The van der Waals surface area contributed by atoms with E-state index in [0.717, 1.165) is 12.1 Å². The largest absolute Gasteiger partial charge is 0.476 e. The van der Waals surface area contributed by atoms with Gasteiger partial charge in [0.25, 0.3) is 0 Å². The zero-order valence-corrected chi connectivity index (χ0v) is 11.4. The maximum atomic E-state index is 11.7. The lowest BCUT2D eigenvalue weighted by Gasteiger charge is -2.24. The highest BCUT2D eigenvalue weighted by Gasteiger charge is 2.31. The summed E-state index contributed by atoms with van der Waals surface area (Å²) in [7, 11) is 1.89. The number of nitrogens with one attached hydrogen (secondary N) is 1. The van der Waals surface area contributed by atoms with E-state index in [1.54, 1.807) is 20.8 Å². The van der Waals surface area contributed by atoms with Crippen LogP contribution in [0.3, 0.4) is 0 Å². The molecule has 100 valence electrons. The van der Waals surface area contributed by atoms with Crippen LogP contribution in [-0.2, 0) is 16.1 Å². The molecule has 0 saturated heterocycles. The lowest BCUT2D eigenvalue weighted by atomic mass is 10.1. The van der Waals surface area contributed by atoms with Gasteiger partial charge in [0.15, 0.2) is 5.60 Å². The summed E-state index contributed by atoms with van der Waals surface area (Å²) in [5, 5.41) is 3.07. The quantitative estimate of drug-likeness (QED) is 0.787. The summed E-state index contributed by atoms with van der Waals surface area (Å²) in [5.41, 5.74) is 0.128. The van der Waals surface area contributed by atoms with E-state index in [-0.39, 0.29) is 5.97 Å². The second kappa shape index (κ2) is 6.40. The van der Waals surface area contributed by atoms with E-state index in [4.69, 9.17) is 9.47 Å². The van der Waals surface area contributed by atoms with Crippen molar-refractivity contribution in [3.05, 3.63) is 29.8 Å². The summed E-state index contributed by atoms with van der Waals surface area (Å²) in [6.07, 6.45) is 0. The first-order valence-corrected chi connectivity index (χ1v) is 6.09. The van der Waals surface area contributed by atoms with Gasteiger partial charge >= 0.3 is 5.97 Å². The fraction of sp³-hybridized carbons (Fsp3) is 0.500. The fourth-order valence-electron chi connectivity index (χ4n) is 1.56. The number of carbonyl (C=O) groups excluding carboxylic acids is 1. The van der Waals surface area contributed by atoms with Crippen LogP contribution in [0.25, 0.3) is 0 Å². The predicted molar refractivity (Wildman–Crippen MR) is 70.5 cm³/mol. The molecule has 0 radical (unpaired) electrons. The zero-order chi connectivity index (χ0) is 13.6. The van der Waals surface area contributed by atoms with E-state index >= 15 is 0 Å². The van der Waals surface area contributed by atoms with Crippen LogP contribution < -0.4 is 10.1 Å². The zero-order valence-electron chi connectivity index (χ0n) is 11.4. The fourth-order valence-corrected chi connectivity index (χ4v) is 1.56. The summed E-state index contributed by atoms with van der Waals surface area (Å²) in [6, 6.07) is 7.65. The molecule has 0 aliphatic rings. The molecule has 4 heteroatoms. The van der Waals surface area contributed by atoms with Gasteiger partial charge in [-0.3, -0.25) is 0 Å². The second-order valence-electron chi connectivity index (χ2n) is 4.51. The minimum absolute atomic E-state index is 0.353. The maximum absolute atomic E-state index is 11.7. The number of benzene rings is 1. The van der Waals surface area contributed by atoms with Crippen molar-refractivity contribution in [3.8, 4) is 5.75 Å². The van der Waals surface area contributed by atoms with Crippen LogP contribution in [0, 0.1) is 0 Å². The van der Waals surface area contributed by atoms with Crippen LogP contribution in [-0.4, -0.2) is 25.2 Å². The third-order valence-electron chi connectivity index (χ3n) is 2.42. The van der Waals surface area contributed by atoms with Gasteiger partial charge in [-0.25, -0.2) is 4.79 Å². The predicted octanol–water partition coefficient (Wildman–Crippen LogP) is 2.13. The SMILES string of the molecule is CCOC(=O)C(C)(C)Oc1cccc(CNC)c1. The monoisotopic (exact) mass is 251 g/mol. The van der Waals surface area contributed by atoms with Crippen LogP contribution in [0.15, 0.2) is 24.3 Å². The molecule has 0 heterocycles. The first-order valence-electron chi connectivity index (χ1n) is 6.09. The number of esters is 1. The first-order chi connectivity index (χ1) is 8.49. The molecule has 0 atom stereocenters. The molecular formula is C14H21NO3. The highest BCUT2D eigenvalue weighted by Crippen LogP contribution is 2.20. The van der Waals surface area contributed by atoms with Crippen molar-refractivity contribution in [1.29, 1.82) is 0 Å². The highest BCUT2D eigenvalue weighted by molar-refractivity contribution is 5.79. The third kappa shape index (κ3) is 4.04. The molecule has 1 rings (SSSR count). The summed E-state index contributed by atoms with van der Waals surface area (Å²) < 4.78 is 10.7. The average Bonchev–Trinajstić information content (AvgIpc) is 2.29. The molecule has 4 nitrogen and oxygen atoms in total. The van der Waals surface area contributed by atoms with Crippen LogP contribution in [0.1, 0.15) is 26.3 Å². The van der Waals surface area contributed by atoms with Crippen molar-refractivity contribution in [2.24, 2.45) is 0 Å². The topological polar surface area (TPSA) is 47.6 Å². The van der Waals surface area contributed by atoms with Gasteiger partial charge < -0.3 is 14.8 Å². The standard InChI is InChI=1S/C14H21NO3/c1-5-17-13(16)14(2,3)18-12-8-6-7-11(9-12)10-15-4/h6-9,15H,5,10H2,1-4H3. The van der Waals surface area contributed by atoms with Gasteiger partial charge in [-0.1, -0.05) is 12.1 Å². The van der Waals surface area contributed by atoms with Crippen LogP contribution in [0.4, 0.5) is 0 Å². The van der Waals surface area contributed by atoms with Gasteiger partial charge in [0.05, 0.1) is 6.61 Å². The molecule has 0 unspecified atom stereocenters. The van der Waals surface area contributed by atoms with Gasteiger partial charge in [0.2, 0.25) is 0 Å². The van der Waals surface area contributed by atoms with Crippen LogP contribution >= 0.6 is 0 Å². The van der Waals surface area contributed by atoms with Gasteiger partial charge in [-0.05, 0) is 45.5 Å². The Morgan fingerprint density at radius 3 is 2.72 bits per heavy atom. The molecule has 1 aromatic carbocycles. The molecule has 0 saturated carbocycles. The van der Waals surface area contributed by atoms with Gasteiger partial charge in [0.1, 0.15) is 5.75 Å². The smallest absolute Gasteiger partial charge is 0.349 e. The molecule has 1 aromatic rings. The summed E-state index contributed by atoms with van der Waals surface area (Å²) in [5.74, 6) is 0.310. The lowest BCUT2D eigenvalue weighted by molar-refractivity contribution is -0.158. The van der Waals surface area contributed by atoms with Crippen molar-refractivity contribution < 1.29 is 14.3 Å². The van der Waals surface area contributed by atoms with Crippen LogP contribution in [0.2, 0.25) is 0 Å². The normalized spacial score (nSPS) is 11.1. The van der Waals surface area contributed by atoms with Gasteiger partial charge in [-0.2, -0.15) is 0 Å². The Morgan fingerprint density at radius 1 is 1.39 bits per heavy atom. The Bertz CT molecular complexity index is 402. The Labute approximate surface area is 108 Å². The van der Waals surface area contributed by atoms with Gasteiger partial charge in [0, 0.05) is 6.54 Å². The van der Waals surface area contributed by atoms with E-state index in [9.17, 15) is 4.79 Å². The second-order valence-corrected chi connectivity index (χ2v) is 4.51. The lowest BCUT2D eigenvalue weighted by Crippen LogP contribution is -2.39. The number of hydrogen-bond donors (Lipinski definition) is 1. The molecular weight excluding hydrogens is 230 g/mol. The van der Waals surface area contributed by atoms with Crippen LogP contribution in [0.5, 0.6) is 5.75 Å². The van der Waals surface area contributed by atoms with E-state index in [2.05, 4.69) is 5.32 Å². The summed E-state index contributed by atoms with van der Waals surface area (Å²) >= 11 is 0. The molecule has 0 aliphatic heterocycles. The minimum atomic E-state index is -0.978. The van der Waals surface area contributed by atoms with E-state index < -0.39 is 5.60 Å². The molecule has 1 N–H and O–H groups in total. The number of carbonyl (C=O) groups is 1. The molecule has 0 amide bonds. The molecule has 0 bridgehead atoms. The van der Waals surface area contributed by atoms with Crippen molar-refractivity contribution in [1.82, 2.24) is 5.32 Å². The Morgan fingerprint density at radius 2 is 2.11 bits per heavy atom. The van der Waals surface area contributed by atoms with Gasteiger partial charge in [-0.15, -0.1) is 0 Å². The van der Waals surface area contributed by atoms with E-state index in [1.165, 1.54) is 0 Å². The van der Waals surface area contributed by atoms with E-state index in [1.807, 2.05) is 31.3 Å². The van der Waals surface area contributed by atoms with Crippen molar-refractivity contribution >= 4 is 5.97 Å². The summed E-state index contributed by atoms with van der Waals surface area (Å²) in [6.45, 7) is 6.30. The third-order valence-corrected chi connectivity index (χ3v) is 2.42. The van der Waals surface area contributed by atoms with E-state index in [0.29, 0.717) is 12.4 Å². The number of ether oxygens (including phenoxy) is 2. The first kappa shape index (κ1) is 14.5. The minimum Gasteiger partial charge on any atom is -0.476 e. The summed E-state index contributed by atoms with van der Waals surface area (Å²) in [4.78, 5) is 11.7. The number of rotatable bonds is 6. The number of hydrogen-bond acceptors (Lipinski definition) is 4. The highest BCUT2D eigenvalue weighted by atomic mass is 16.6. The molecule has 0 spiro atoms. The molecule has 0 aromatic heterocycles.